The minimum absolute atomic E-state index is 0.0744. The van der Waals surface area contributed by atoms with Crippen molar-refractivity contribution >= 4 is 23.6 Å². The van der Waals surface area contributed by atoms with Gasteiger partial charge in [0, 0.05) is 13.1 Å². The van der Waals surface area contributed by atoms with E-state index >= 15 is 0 Å². The molecule has 0 saturated carbocycles. The summed E-state index contributed by atoms with van der Waals surface area (Å²) in [6.45, 7) is 5.22. The van der Waals surface area contributed by atoms with Crippen molar-refractivity contribution in [2.45, 2.75) is 31.2 Å². The highest BCUT2D eigenvalue weighted by atomic mass is 32.2. The van der Waals surface area contributed by atoms with Crippen LogP contribution in [0.3, 0.4) is 0 Å². The first-order valence-electron chi connectivity index (χ1n) is 5.78. The molecule has 1 saturated heterocycles. The van der Waals surface area contributed by atoms with Crippen molar-refractivity contribution in [3.05, 3.63) is 0 Å². The third-order valence-electron chi connectivity index (χ3n) is 2.58. The van der Waals surface area contributed by atoms with Crippen molar-refractivity contribution < 1.29 is 9.53 Å². The van der Waals surface area contributed by atoms with Gasteiger partial charge in [-0.25, -0.2) is 5.10 Å². The number of carbonyl (C=O) groups excluding carboxylic acids is 1. The maximum atomic E-state index is 12.0. The second kappa shape index (κ2) is 5.57. The second-order valence-corrected chi connectivity index (χ2v) is 5.29. The number of rotatable bonds is 3. The van der Waals surface area contributed by atoms with Crippen molar-refractivity contribution in [2.75, 3.05) is 24.6 Å². The Hall–Kier alpha value is -1.28. The summed E-state index contributed by atoms with van der Waals surface area (Å²) in [5, 5.41) is 6.90. The Morgan fingerprint density at radius 3 is 2.78 bits per heavy atom. The van der Waals surface area contributed by atoms with E-state index in [9.17, 15) is 4.79 Å². The molecule has 1 aliphatic heterocycles. The molecule has 100 valence electrons. The fourth-order valence-corrected chi connectivity index (χ4v) is 2.63. The van der Waals surface area contributed by atoms with Gasteiger partial charge >= 0.3 is 0 Å². The number of carbonyl (C=O) groups is 1. The van der Waals surface area contributed by atoms with Crippen LogP contribution >= 0.6 is 11.8 Å². The molecule has 2 heterocycles. The fraction of sp³-hybridized carbons (Fsp3) is 0.700. The van der Waals surface area contributed by atoms with Gasteiger partial charge < -0.3 is 15.4 Å². The Morgan fingerprint density at radius 2 is 2.22 bits per heavy atom. The summed E-state index contributed by atoms with van der Waals surface area (Å²) < 4.78 is 5.59. The van der Waals surface area contributed by atoms with E-state index in [2.05, 4.69) is 15.2 Å². The summed E-state index contributed by atoms with van der Waals surface area (Å²) in [5.41, 5.74) is 5.41. The Labute approximate surface area is 109 Å². The van der Waals surface area contributed by atoms with Crippen LogP contribution < -0.4 is 5.73 Å². The first-order chi connectivity index (χ1) is 8.54. The highest BCUT2D eigenvalue weighted by molar-refractivity contribution is 7.99. The minimum atomic E-state index is 0.0744. The van der Waals surface area contributed by atoms with Gasteiger partial charge in [0.1, 0.15) is 0 Å². The maximum Gasteiger partial charge on any atom is 0.233 e. The molecule has 0 aliphatic carbocycles. The fourth-order valence-electron chi connectivity index (χ4n) is 1.92. The number of hydrogen-bond donors (Lipinski definition) is 2. The van der Waals surface area contributed by atoms with Crippen LogP contribution in [0.2, 0.25) is 0 Å². The average molecular weight is 271 g/mol. The molecule has 1 aliphatic rings. The predicted molar refractivity (Wildman–Crippen MR) is 68.1 cm³/mol. The normalized spacial score (nSPS) is 24.2. The number of hydrogen-bond acceptors (Lipinski definition) is 6. The van der Waals surface area contributed by atoms with Crippen molar-refractivity contribution in [1.29, 1.82) is 0 Å². The predicted octanol–water partition coefficient (Wildman–Crippen LogP) is 0.115. The average Bonchev–Trinajstić information content (AvgIpc) is 2.70. The van der Waals surface area contributed by atoms with Crippen LogP contribution in [0.4, 0.5) is 5.95 Å². The van der Waals surface area contributed by atoms with Crippen LogP contribution in [0.25, 0.3) is 0 Å². The van der Waals surface area contributed by atoms with Crippen LogP contribution in [0.1, 0.15) is 13.8 Å². The van der Waals surface area contributed by atoms with Crippen molar-refractivity contribution in [3.8, 4) is 0 Å². The Morgan fingerprint density at radius 1 is 1.56 bits per heavy atom. The summed E-state index contributed by atoms with van der Waals surface area (Å²) in [7, 11) is 0. The smallest absolute Gasteiger partial charge is 0.233 e. The van der Waals surface area contributed by atoms with Crippen molar-refractivity contribution in [1.82, 2.24) is 20.1 Å². The number of ether oxygens (including phenoxy) is 1. The van der Waals surface area contributed by atoms with E-state index in [-0.39, 0.29) is 24.1 Å². The quantitative estimate of drug-likeness (QED) is 0.758. The molecular formula is C10H17N5O2S. The number of thioether (sulfide) groups is 1. The molecule has 2 rings (SSSR count). The first-order valence-corrected chi connectivity index (χ1v) is 6.77. The van der Waals surface area contributed by atoms with Crippen LogP contribution in [-0.4, -0.2) is 57.0 Å². The van der Waals surface area contributed by atoms with Gasteiger partial charge in [0.15, 0.2) is 0 Å². The molecule has 18 heavy (non-hydrogen) atoms. The number of nitrogens with one attached hydrogen (secondary N) is 1. The van der Waals surface area contributed by atoms with Crippen molar-refractivity contribution in [2.24, 2.45) is 0 Å². The second-order valence-electron chi connectivity index (χ2n) is 4.35. The van der Waals surface area contributed by atoms with E-state index in [0.29, 0.717) is 24.0 Å². The van der Waals surface area contributed by atoms with Crippen LogP contribution in [0, 0.1) is 0 Å². The summed E-state index contributed by atoms with van der Waals surface area (Å²) in [5.74, 6) is 0.653. The van der Waals surface area contributed by atoms with Gasteiger partial charge in [0.2, 0.25) is 17.0 Å². The largest absolute Gasteiger partial charge is 0.372 e. The van der Waals surface area contributed by atoms with Gasteiger partial charge in [-0.05, 0) is 13.8 Å². The molecule has 7 nitrogen and oxygen atoms in total. The minimum Gasteiger partial charge on any atom is -0.372 e. The number of H-pyrrole nitrogens is 1. The molecule has 8 heteroatoms. The van der Waals surface area contributed by atoms with Gasteiger partial charge in [0.05, 0.1) is 18.0 Å². The summed E-state index contributed by atoms with van der Waals surface area (Å²) in [6.07, 6.45) is 0.170. The number of anilines is 1. The lowest BCUT2D eigenvalue weighted by Gasteiger charge is -2.35. The van der Waals surface area contributed by atoms with E-state index < -0.39 is 0 Å². The lowest BCUT2D eigenvalue weighted by Crippen LogP contribution is -2.48. The number of nitrogens with two attached hydrogens (primary N) is 1. The van der Waals surface area contributed by atoms with Crippen LogP contribution in [0.15, 0.2) is 5.16 Å². The molecule has 0 spiro atoms. The topological polar surface area (TPSA) is 97.1 Å². The van der Waals surface area contributed by atoms with Crippen LogP contribution in [-0.2, 0) is 9.53 Å². The number of amides is 1. The zero-order chi connectivity index (χ0) is 13.1. The van der Waals surface area contributed by atoms with E-state index in [1.807, 2.05) is 18.7 Å². The van der Waals surface area contributed by atoms with Gasteiger partial charge in [-0.1, -0.05) is 11.8 Å². The number of nitrogens with zero attached hydrogens (tertiary/aromatic N) is 3. The molecule has 0 bridgehead atoms. The summed E-state index contributed by atoms with van der Waals surface area (Å²) in [6, 6.07) is 0. The monoisotopic (exact) mass is 271 g/mol. The van der Waals surface area contributed by atoms with Gasteiger partial charge in [0.25, 0.3) is 0 Å². The third kappa shape index (κ3) is 3.36. The number of aromatic amines is 1. The molecule has 2 unspecified atom stereocenters. The molecule has 0 aromatic carbocycles. The van der Waals surface area contributed by atoms with E-state index in [1.54, 1.807) is 0 Å². The third-order valence-corrected chi connectivity index (χ3v) is 3.41. The molecule has 0 radical (unpaired) electrons. The SMILES string of the molecule is CC1CN(C(=O)CSc2n[nH]c(N)n2)CC(C)O1. The van der Waals surface area contributed by atoms with Crippen molar-refractivity contribution in [3.63, 3.8) is 0 Å². The molecule has 3 N–H and O–H groups in total. The Balaban J connectivity index is 1.84. The first kappa shape index (κ1) is 13.2. The zero-order valence-corrected chi connectivity index (χ0v) is 11.2. The standard InChI is InChI=1S/C10H17N5O2S/c1-6-3-15(4-7(2)17-6)8(16)5-18-10-12-9(11)13-14-10/h6-7H,3-5H2,1-2H3,(H3,11,12,13,14). The highest BCUT2D eigenvalue weighted by Gasteiger charge is 2.25. The molecule has 1 aromatic rings. The van der Waals surface area contributed by atoms with E-state index in [1.165, 1.54) is 11.8 Å². The number of morpholine rings is 1. The number of aromatic nitrogens is 3. The van der Waals surface area contributed by atoms with Crippen LogP contribution in [0.5, 0.6) is 0 Å². The highest BCUT2D eigenvalue weighted by Crippen LogP contribution is 2.16. The summed E-state index contributed by atoms with van der Waals surface area (Å²) in [4.78, 5) is 17.8. The number of nitrogen functional groups attached to an aromatic ring is 1. The summed E-state index contributed by atoms with van der Waals surface area (Å²) >= 11 is 1.28. The molecule has 1 fully saturated rings. The Kier molecular flexibility index (Phi) is 4.07. The molecule has 1 aromatic heterocycles. The maximum absolute atomic E-state index is 12.0. The molecule has 1 amide bonds. The molecular weight excluding hydrogens is 254 g/mol. The van der Waals surface area contributed by atoms with Gasteiger partial charge in [-0.15, -0.1) is 5.10 Å². The van der Waals surface area contributed by atoms with Gasteiger partial charge in [-0.2, -0.15) is 4.98 Å². The Bertz CT molecular complexity index is 414. The van der Waals surface area contributed by atoms with E-state index in [4.69, 9.17) is 10.5 Å². The molecule has 2 atom stereocenters. The zero-order valence-electron chi connectivity index (χ0n) is 10.4. The lowest BCUT2D eigenvalue weighted by atomic mass is 10.2. The lowest BCUT2D eigenvalue weighted by molar-refractivity contribution is -0.140. The van der Waals surface area contributed by atoms with E-state index in [0.717, 1.165) is 0 Å². The van der Waals surface area contributed by atoms with Gasteiger partial charge in [-0.3, -0.25) is 4.79 Å².